The monoisotopic (exact) mass is 490 g/mol. The van der Waals surface area contributed by atoms with E-state index in [9.17, 15) is 9.59 Å². The zero-order valence-electron chi connectivity index (χ0n) is 20.5. The van der Waals surface area contributed by atoms with E-state index >= 15 is 0 Å². The first-order chi connectivity index (χ1) is 17.5. The maximum Gasteiger partial charge on any atom is 0.265 e. The summed E-state index contributed by atoms with van der Waals surface area (Å²) >= 11 is 0. The number of carbonyl (C=O) groups excluding carboxylic acids is 2. The molecule has 188 valence electrons. The first-order valence-corrected chi connectivity index (χ1v) is 11.9. The summed E-state index contributed by atoms with van der Waals surface area (Å²) in [6.07, 6.45) is 1.56. The van der Waals surface area contributed by atoms with Crippen LogP contribution in [0.2, 0.25) is 0 Å². The molecule has 0 bridgehead atoms. The normalized spacial score (nSPS) is 12.4. The second-order valence-electron chi connectivity index (χ2n) is 8.40. The molecule has 1 aliphatic rings. The van der Waals surface area contributed by atoms with E-state index in [4.69, 9.17) is 18.9 Å². The number of aryl methyl sites for hydroxylation is 1. The lowest BCUT2D eigenvalue weighted by Crippen LogP contribution is -2.39. The van der Waals surface area contributed by atoms with Gasteiger partial charge in [0, 0.05) is 18.3 Å². The van der Waals surface area contributed by atoms with Crippen molar-refractivity contribution >= 4 is 23.2 Å². The molecule has 36 heavy (non-hydrogen) atoms. The van der Waals surface area contributed by atoms with Crippen LogP contribution >= 0.6 is 0 Å². The molecule has 0 spiro atoms. The van der Waals surface area contributed by atoms with Crippen molar-refractivity contribution < 1.29 is 28.5 Å². The number of anilines is 2. The number of unbranched alkanes of at least 4 members (excludes halogenated alkanes) is 1. The molecule has 8 nitrogen and oxygen atoms in total. The highest BCUT2D eigenvalue weighted by Crippen LogP contribution is 2.35. The minimum Gasteiger partial charge on any atom is -0.497 e. The molecule has 2 amide bonds. The van der Waals surface area contributed by atoms with Gasteiger partial charge in [0.2, 0.25) is 0 Å². The van der Waals surface area contributed by atoms with Crippen LogP contribution in [0.25, 0.3) is 0 Å². The first kappa shape index (κ1) is 24.9. The molecule has 4 rings (SSSR count). The fourth-order valence-corrected chi connectivity index (χ4v) is 3.83. The summed E-state index contributed by atoms with van der Waals surface area (Å²) in [5, 5.41) is 2.82. The predicted molar refractivity (Wildman–Crippen MR) is 137 cm³/mol. The van der Waals surface area contributed by atoms with Crippen molar-refractivity contribution in [1.82, 2.24) is 0 Å². The zero-order chi connectivity index (χ0) is 25.3. The van der Waals surface area contributed by atoms with Gasteiger partial charge in [-0.25, -0.2) is 0 Å². The van der Waals surface area contributed by atoms with Crippen molar-refractivity contribution in [2.75, 3.05) is 43.7 Å². The zero-order valence-corrected chi connectivity index (χ0v) is 20.5. The standard InChI is InChI=1S/C28H30N2O6/c1-20-7-5-9-23(15-20)34-14-4-3-13-30-25-16-21(11-12-26(25)36-19-28(30)32)29-27(31)18-35-24-10-6-8-22(17-24)33-2/h5-12,15-17H,3-4,13-14,18-19H2,1-2H3,(H,29,31). The summed E-state index contributed by atoms with van der Waals surface area (Å²) in [6.45, 7) is 2.96. The van der Waals surface area contributed by atoms with Gasteiger partial charge in [-0.05, 0) is 67.8 Å². The number of hydrogen-bond donors (Lipinski definition) is 1. The Morgan fingerprint density at radius 2 is 1.75 bits per heavy atom. The average molecular weight is 491 g/mol. The minimum absolute atomic E-state index is 0.00707. The average Bonchev–Trinajstić information content (AvgIpc) is 2.88. The number of nitrogens with zero attached hydrogens (tertiary/aromatic N) is 1. The SMILES string of the molecule is COc1cccc(OCC(=O)Nc2ccc3c(c2)N(CCCCOc2cccc(C)c2)C(=O)CO3)c1. The van der Waals surface area contributed by atoms with Gasteiger partial charge in [0.15, 0.2) is 13.2 Å². The lowest BCUT2D eigenvalue weighted by atomic mass is 10.2. The molecule has 1 N–H and O–H groups in total. The molecule has 0 aliphatic carbocycles. The second-order valence-corrected chi connectivity index (χ2v) is 8.40. The van der Waals surface area contributed by atoms with Gasteiger partial charge in [0.1, 0.15) is 23.0 Å². The van der Waals surface area contributed by atoms with E-state index < -0.39 is 0 Å². The number of ether oxygens (including phenoxy) is 4. The number of rotatable bonds is 11. The van der Waals surface area contributed by atoms with Crippen LogP contribution in [-0.2, 0) is 9.59 Å². The summed E-state index contributed by atoms with van der Waals surface area (Å²) < 4.78 is 22.1. The van der Waals surface area contributed by atoms with E-state index in [0.717, 1.165) is 24.2 Å². The highest BCUT2D eigenvalue weighted by atomic mass is 16.5. The van der Waals surface area contributed by atoms with Crippen LogP contribution in [0.3, 0.4) is 0 Å². The van der Waals surface area contributed by atoms with Crippen LogP contribution in [0, 0.1) is 6.92 Å². The maximum absolute atomic E-state index is 12.6. The molecule has 1 aliphatic heterocycles. The van der Waals surface area contributed by atoms with Gasteiger partial charge in [0.05, 0.1) is 19.4 Å². The fourth-order valence-electron chi connectivity index (χ4n) is 3.83. The molecule has 0 fully saturated rings. The van der Waals surface area contributed by atoms with Crippen molar-refractivity contribution in [2.24, 2.45) is 0 Å². The van der Waals surface area contributed by atoms with Crippen LogP contribution in [0.4, 0.5) is 11.4 Å². The Hall–Kier alpha value is -4.20. The lowest BCUT2D eigenvalue weighted by molar-refractivity contribution is -0.121. The number of hydrogen-bond acceptors (Lipinski definition) is 6. The Kier molecular flexibility index (Phi) is 8.28. The van der Waals surface area contributed by atoms with E-state index in [1.54, 1.807) is 54.5 Å². The van der Waals surface area contributed by atoms with E-state index in [2.05, 4.69) is 5.32 Å². The third-order valence-corrected chi connectivity index (χ3v) is 5.63. The molecular formula is C28H30N2O6. The Bertz CT molecular complexity index is 1210. The quantitative estimate of drug-likeness (QED) is 0.395. The van der Waals surface area contributed by atoms with Crippen molar-refractivity contribution in [3.63, 3.8) is 0 Å². The smallest absolute Gasteiger partial charge is 0.265 e. The number of carbonyl (C=O) groups is 2. The number of fused-ring (bicyclic) bond motifs is 1. The Balaban J connectivity index is 1.31. The fraction of sp³-hybridized carbons (Fsp3) is 0.286. The van der Waals surface area contributed by atoms with Crippen LogP contribution in [0.5, 0.6) is 23.0 Å². The molecule has 0 unspecified atom stereocenters. The Labute approximate surface area is 210 Å². The van der Waals surface area contributed by atoms with Gasteiger partial charge in [-0.15, -0.1) is 0 Å². The van der Waals surface area contributed by atoms with Gasteiger partial charge in [-0.2, -0.15) is 0 Å². The van der Waals surface area contributed by atoms with Gasteiger partial charge in [-0.3, -0.25) is 9.59 Å². The highest BCUT2D eigenvalue weighted by molar-refractivity contribution is 5.99. The summed E-state index contributed by atoms with van der Waals surface area (Å²) in [7, 11) is 1.57. The highest BCUT2D eigenvalue weighted by Gasteiger charge is 2.25. The van der Waals surface area contributed by atoms with Crippen LogP contribution in [0.15, 0.2) is 66.7 Å². The Morgan fingerprint density at radius 1 is 0.972 bits per heavy atom. The number of amides is 2. The minimum atomic E-state index is -0.319. The second kappa shape index (κ2) is 12.0. The van der Waals surface area contributed by atoms with Crippen molar-refractivity contribution in [2.45, 2.75) is 19.8 Å². The number of methoxy groups -OCH3 is 1. The van der Waals surface area contributed by atoms with Crippen LogP contribution < -0.4 is 29.2 Å². The molecule has 0 aromatic heterocycles. The van der Waals surface area contributed by atoms with E-state index in [1.807, 2.05) is 31.2 Å². The van der Waals surface area contributed by atoms with Crippen LogP contribution in [-0.4, -0.2) is 45.3 Å². The summed E-state index contributed by atoms with van der Waals surface area (Å²) in [5.41, 5.74) is 2.34. The molecule has 8 heteroatoms. The largest absolute Gasteiger partial charge is 0.497 e. The summed E-state index contributed by atoms with van der Waals surface area (Å²) in [4.78, 5) is 26.7. The van der Waals surface area contributed by atoms with Gasteiger partial charge in [0.25, 0.3) is 11.8 Å². The summed E-state index contributed by atoms with van der Waals surface area (Å²) in [5.74, 6) is 2.20. The molecule has 1 heterocycles. The number of benzene rings is 3. The molecule has 3 aromatic carbocycles. The number of nitrogens with one attached hydrogen (secondary N) is 1. The third kappa shape index (κ3) is 6.69. The van der Waals surface area contributed by atoms with E-state index in [1.165, 1.54) is 0 Å². The molecule has 0 atom stereocenters. The molecule has 3 aromatic rings. The first-order valence-electron chi connectivity index (χ1n) is 11.9. The van der Waals surface area contributed by atoms with Crippen molar-refractivity contribution in [3.8, 4) is 23.0 Å². The Morgan fingerprint density at radius 3 is 2.56 bits per heavy atom. The maximum atomic E-state index is 12.6. The lowest BCUT2D eigenvalue weighted by Gasteiger charge is -2.30. The van der Waals surface area contributed by atoms with Gasteiger partial charge < -0.3 is 29.2 Å². The topological polar surface area (TPSA) is 86.3 Å². The predicted octanol–water partition coefficient (Wildman–Crippen LogP) is 4.61. The van der Waals surface area contributed by atoms with Crippen LogP contribution in [0.1, 0.15) is 18.4 Å². The molecule has 0 radical (unpaired) electrons. The summed E-state index contributed by atoms with van der Waals surface area (Å²) in [6, 6.07) is 20.2. The van der Waals surface area contributed by atoms with Gasteiger partial charge >= 0.3 is 0 Å². The van der Waals surface area contributed by atoms with E-state index in [0.29, 0.717) is 41.8 Å². The van der Waals surface area contributed by atoms with Gasteiger partial charge in [-0.1, -0.05) is 18.2 Å². The molecule has 0 saturated heterocycles. The molecule has 0 saturated carbocycles. The van der Waals surface area contributed by atoms with Crippen molar-refractivity contribution in [1.29, 1.82) is 0 Å². The third-order valence-electron chi connectivity index (χ3n) is 5.63. The molecular weight excluding hydrogens is 460 g/mol. The van der Waals surface area contributed by atoms with Crippen molar-refractivity contribution in [3.05, 3.63) is 72.3 Å². The van der Waals surface area contributed by atoms with E-state index in [-0.39, 0.29) is 25.0 Å².